The number of hydrogen-bond donors (Lipinski definition) is 3. The summed E-state index contributed by atoms with van der Waals surface area (Å²) in [6.45, 7) is 5.07. The standard InChI is InChI=1S/C16H25N3O2/c1-3-16(4-2)10-11(8-9-21-16)19-13-7-5-6-12(14(13)17)15(18)20/h5-7,11,19H,3-4,8-10,17H2,1-2H3,(H2,18,20). The van der Waals surface area contributed by atoms with Crippen LogP contribution in [0.15, 0.2) is 18.2 Å². The van der Waals surface area contributed by atoms with E-state index in [0.717, 1.165) is 38.0 Å². The Morgan fingerprint density at radius 2 is 2.14 bits per heavy atom. The van der Waals surface area contributed by atoms with Crippen LogP contribution in [0.5, 0.6) is 0 Å². The molecule has 2 rings (SSSR count). The molecule has 5 nitrogen and oxygen atoms in total. The molecule has 1 amide bonds. The second kappa shape index (κ2) is 6.35. The molecule has 0 radical (unpaired) electrons. The van der Waals surface area contributed by atoms with Gasteiger partial charge in [0.1, 0.15) is 0 Å². The molecule has 1 aromatic rings. The number of carbonyl (C=O) groups excluding carboxylic acids is 1. The van der Waals surface area contributed by atoms with Crippen LogP contribution in [0.3, 0.4) is 0 Å². The average Bonchev–Trinajstić information content (AvgIpc) is 2.49. The van der Waals surface area contributed by atoms with Gasteiger partial charge in [-0.2, -0.15) is 0 Å². The van der Waals surface area contributed by atoms with Gasteiger partial charge in [0.05, 0.1) is 22.5 Å². The number of anilines is 2. The number of nitrogens with one attached hydrogen (secondary N) is 1. The molecule has 1 aliphatic rings. The lowest BCUT2D eigenvalue weighted by atomic mass is 9.86. The third kappa shape index (κ3) is 3.29. The summed E-state index contributed by atoms with van der Waals surface area (Å²) in [5, 5.41) is 3.46. The van der Waals surface area contributed by atoms with Crippen molar-refractivity contribution in [3.05, 3.63) is 23.8 Å². The van der Waals surface area contributed by atoms with Crippen LogP contribution < -0.4 is 16.8 Å². The van der Waals surface area contributed by atoms with Crippen molar-refractivity contribution in [1.82, 2.24) is 0 Å². The van der Waals surface area contributed by atoms with Crippen LogP contribution >= 0.6 is 0 Å². The lowest BCUT2D eigenvalue weighted by molar-refractivity contribution is -0.0864. The van der Waals surface area contributed by atoms with Crippen LogP contribution in [0.2, 0.25) is 0 Å². The largest absolute Gasteiger partial charge is 0.396 e. The van der Waals surface area contributed by atoms with Gasteiger partial charge in [-0.3, -0.25) is 4.79 Å². The van der Waals surface area contributed by atoms with Crippen molar-refractivity contribution in [3.63, 3.8) is 0 Å². The Labute approximate surface area is 126 Å². The summed E-state index contributed by atoms with van der Waals surface area (Å²) >= 11 is 0. The molecular weight excluding hydrogens is 266 g/mol. The van der Waals surface area contributed by atoms with Crippen LogP contribution in [-0.4, -0.2) is 24.2 Å². The van der Waals surface area contributed by atoms with Crippen LogP contribution in [-0.2, 0) is 4.74 Å². The minimum absolute atomic E-state index is 0.0496. The Kier molecular flexibility index (Phi) is 4.73. The number of hydrogen-bond acceptors (Lipinski definition) is 4. The summed E-state index contributed by atoms with van der Waals surface area (Å²) in [4.78, 5) is 11.4. The Morgan fingerprint density at radius 1 is 1.43 bits per heavy atom. The minimum Gasteiger partial charge on any atom is -0.396 e. The van der Waals surface area contributed by atoms with Crippen molar-refractivity contribution < 1.29 is 9.53 Å². The zero-order valence-electron chi connectivity index (χ0n) is 12.8. The maximum Gasteiger partial charge on any atom is 0.250 e. The first-order valence-corrected chi connectivity index (χ1v) is 7.60. The van der Waals surface area contributed by atoms with E-state index in [9.17, 15) is 4.79 Å². The number of para-hydroxylation sites is 1. The van der Waals surface area contributed by atoms with E-state index >= 15 is 0 Å². The molecule has 0 aromatic heterocycles. The van der Waals surface area contributed by atoms with Crippen LogP contribution in [0.4, 0.5) is 11.4 Å². The quantitative estimate of drug-likeness (QED) is 0.727. The molecule has 5 N–H and O–H groups in total. The van der Waals surface area contributed by atoms with Crippen molar-refractivity contribution in [1.29, 1.82) is 0 Å². The van der Waals surface area contributed by atoms with Gasteiger partial charge < -0.3 is 21.5 Å². The van der Waals surface area contributed by atoms with E-state index < -0.39 is 5.91 Å². The van der Waals surface area contributed by atoms with Crippen LogP contribution in [0.1, 0.15) is 49.9 Å². The first-order valence-electron chi connectivity index (χ1n) is 7.60. The summed E-state index contributed by atoms with van der Waals surface area (Å²) in [5.74, 6) is -0.500. The van der Waals surface area contributed by atoms with Gasteiger partial charge in [-0.25, -0.2) is 0 Å². The maximum atomic E-state index is 11.4. The highest BCUT2D eigenvalue weighted by atomic mass is 16.5. The first kappa shape index (κ1) is 15.6. The third-order valence-electron chi connectivity index (χ3n) is 4.51. The molecule has 1 saturated heterocycles. The molecule has 1 heterocycles. The van der Waals surface area contributed by atoms with Gasteiger partial charge in [0.2, 0.25) is 0 Å². The lowest BCUT2D eigenvalue weighted by Gasteiger charge is -2.40. The fourth-order valence-corrected chi connectivity index (χ4v) is 3.02. The normalized spacial score (nSPS) is 21.0. The molecule has 0 aliphatic carbocycles. The van der Waals surface area contributed by atoms with Crippen molar-refractivity contribution >= 4 is 17.3 Å². The molecule has 1 fully saturated rings. The van der Waals surface area contributed by atoms with Crippen molar-refractivity contribution in [2.45, 2.75) is 51.2 Å². The second-order valence-electron chi connectivity index (χ2n) is 5.70. The average molecular weight is 291 g/mol. The van der Waals surface area contributed by atoms with Gasteiger partial charge in [-0.15, -0.1) is 0 Å². The molecule has 1 atom stereocenters. The summed E-state index contributed by atoms with van der Waals surface area (Å²) in [7, 11) is 0. The zero-order valence-corrected chi connectivity index (χ0v) is 12.8. The second-order valence-corrected chi connectivity index (χ2v) is 5.70. The van der Waals surface area contributed by atoms with Gasteiger partial charge in [0.15, 0.2) is 0 Å². The van der Waals surface area contributed by atoms with E-state index in [-0.39, 0.29) is 5.60 Å². The topological polar surface area (TPSA) is 90.4 Å². The summed E-state index contributed by atoms with van der Waals surface area (Å²) in [5.41, 5.74) is 12.9. The molecule has 1 aliphatic heterocycles. The van der Waals surface area contributed by atoms with E-state index in [1.165, 1.54) is 0 Å². The third-order valence-corrected chi connectivity index (χ3v) is 4.51. The molecule has 0 spiro atoms. The Hall–Kier alpha value is -1.75. The van der Waals surface area contributed by atoms with Crippen LogP contribution in [0.25, 0.3) is 0 Å². The SMILES string of the molecule is CCC1(CC)CC(Nc2cccc(C(N)=O)c2N)CCO1. The number of ether oxygens (including phenoxy) is 1. The fraction of sp³-hybridized carbons (Fsp3) is 0.562. The highest BCUT2D eigenvalue weighted by Gasteiger charge is 2.34. The molecule has 21 heavy (non-hydrogen) atoms. The van der Waals surface area contributed by atoms with E-state index in [4.69, 9.17) is 16.2 Å². The van der Waals surface area contributed by atoms with E-state index in [1.807, 2.05) is 6.07 Å². The lowest BCUT2D eigenvalue weighted by Crippen LogP contribution is -2.43. The summed E-state index contributed by atoms with van der Waals surface area (Å²) < 4.78 is 5.98. The number of amides is 1. The van der Waals surface area contributed by atoms with E-state index in [0.29, 0.717) is 17.3 Å². The molecule has 1 unspecified atom stereocenters. The Bertz CT molecular complexity index is 512. The van der Waals surface area contributed by atoms with E-state index in [2.05, 4.69) is 19.2 Å². The summed E-state index contributed by atoms with van der Waals surface area (Å²) in [6.07, 6.45) is 3.87. The molecular formula is C16H25N3O2. The molecule has 0 saturated carbocycles. The molecule has 0 bridgehead atoms. The van der Waals surface area contributed by atoms with Gasteiger partial charge in [0.25, 0.3) is 5.91 Å². The maximum absolute atomic E-state index is 11.4. The fourth-order valence-electron chi connectivity index (χ4n) is 3.02. The Balaban J connectivity index is 2.15. The number of rotatable bonds is 5. The number of carbonyl (C=O) groups is 1. The minimum atomic E-state index is -0.500. The zero-order chi connectivity index (χ0) is 15.5. The molecule has 116 valence electrons. The number of nitrogens with two attached hydrogens (primary N) is 2. The van der Waals surface area contributed by atoms with Crippen molar-refractivity contribution in [2.24, 2.45) is 5.73 Å². The predicted molar refractivity (Wildman–Crippen MR) is 85.3 cm³/mol. The predicted octanol–water partition coefficient (Wildman–Crippen LogP) is 2.52. The number of primary amides is 1. The van der Waals surface area contributed by atoms with Crippen molar-refractivity contribution in [3.8, 4) is 0 Å². The Morgan fingerprint density at radius 3 is 2.76 bits per heavy atom. The number of benzene rings is 1. The van der Waals surface area contributed by atoms with Crippen LogP contribution in [0, 0.1) is 0 Å². The van der Waals surface area contributed by atoms with Gasteiger partial charge >= 0.3 is 0 Å². The summed E-state index contributed by atoms with van der Waals surface area (Å²) in [6, 6.07) is 5.63. The van der Waals surface area contributed by atoms with Crippen molar-refractivity contribution in [2.75, 3.05) is 17.7 Å². The molecule has 1 aromatic carbocycles. The highest BCUT2D eigenvalue weighted by Crippen LogP contribution is 2.34. The van der Waals surface area contributed by atoms with E-state index in [1.54, 1.807) is 12.1 Å². The number of nitrogen functional groups attached to an aromatic ring is 1. The van der Waals surface area contributed by atoms with Gasteiger partial charge in [0, 0.05) is 12.6 Å². The van der Waals surface area contributed by atoms with Gasteiger partial charge in [-0.05, 0) is 37.8 Å². The highest BCUT2D eigenvalue weighted by molar-refractivity contribution is 6.00. The molecule has 5 heteroatoms. The van der Waals surface area contributed by atoms with Gasteiger partial charge in [-0.1, -0.05) is 19.9 Å². The first-order chi connectivity index (χ1) is 10.0. The monoisotopic (exact) mass is 291 g/mol. The smallest absolute Gasteiger partial charge is 0.250 e.